The lowest BCUT2D eigenvalue weighted by molar-refractivity contribution is -0.122. The van der Waals surface area contributed by atoms with Gasteiger partial charge in [-0.15, -0.1) is 0 Å². The molecule has 4 rings (SSSR count). The molecule has 0 aliphatic carbocycles. The number of hydrogen-bond acceptors (Lipinski definition) is 7. The Morgan fingerprint density at radius 2 is 1.70 bits per heavy atom. The molecule has 1 atom stereocenters. The normalized spacial score (nSPS) is 14.9. The second-order valence-electron chi connectivity index (χ2n) is 7.96. The number of para-hydroxylation sites is 1. The molecule has 4 amide bonds. The van der Waals surface area contributed by atoms with Crippen molar-refractivity contribution in [2.24, 2.45) is 0 Å². The molecule has 1 aliphatic rings. The Balaban J connectivity index is 1.34. The summed E-state index contributed by atoms with van der Waals surface area (Å²) in [6.45, 7) is -0.319. The molecule has 1 heterocycles. The van der Waals surface area contributed by atoms with Crippen molar-refractivity contribution in [3.63, 3.8) is 0 Å². The van der Waals surface area contributed by atoms with Crippen molar-refractivity contribution in [1.82, 2.24) is 10.9 Å². The number of ether oxygens (including phenoxy) is 2. The molecule has 1 saturated heterocycles. The average molecular weight is 567 g/mol. The summed E-state index contributed by atoms with van der Waals surface area (Å²) in [6, 6.07) is 19.0. The molecule has 0 aromatic heterocycles. The maximum absolute atomic E-state index is 12.8. The number of carbonyl (C=O) groups excluding carboxylic acids is 4. The fourth-order valence-corrected chi connectivity index (χ4v) is 3.89. The lowest BCUT2D eigenvalue weighted by atomic mass is 10.2. The van der Waals surface area contributed by atoms with Crippen LogP contribution in [0.5, 0.6) is 11.5 Å². The highest BCUT2D eigenvalue weighted by Gasteiger charge is 2.39. The van der Waals surface area contributed by atoms with Crippen LogP contribution >= 0.6 is 15.9 Å². The van der Waals surface area contributed by atoms with Gasteiger partial charge in [-0.3, -0.25) is 24.6 Å². The summed E-state index contributed by atoms with van der Waals surface area (Å²) < 4.78 is 11.6. The van der Waals surface area contributed by atoms with E-state index in [1.54, 1.807) is 66.7 Å². The zero-order valence-corrected chi connectivity index (χ0v) is 21.3. The Morgan fingerprint density at radius 1 is 1.00 bits per heavy atom. The number of nitrogens with zero attached hydrogens (tertiary/aromatic N) is 1. The van der Waals surface area contributed by atoms with Gasteiger partial charge in [-0.2, -0.15) is 0 Å². The van der Waals surface area contributed by atoms with Gasteiger partial charge in [0.1, 0.15) is 17.5 Å². The van der Waals surface area contributed by atoms with E-state index in [2.05, 4.69) is 32.1 Å². The first-order chi connectivity index (χ1) is 17.9. The quantitative estimate of drug-likeness (QED) is 0.268. The van der Waals surface area contributed by atoms with Crippen LogP contribution in [-0.4, -0.2) is 43.4 Å². The molecule has 11 heteroatoms. The minimum absolute atomic E-state index is 0.125. The van der Waals surface area contributed by atoms with Gasteiger partial charge in [0.15, 0.2) is 6.61 Å². The Labute approximate surface area is 221 Å². The number of imide groups is 1. The largest absolute Gasteiger partial charge is 0.497 e. The standard InChI is InChI=1S/C26H23BrN4O6/c1-36-19-12-10-18(11-13-19)31-24(33)14-21(26(31)35)29-30-25(34)20-4-2-3-5-22(20)37-15-23(32)28-17-8-6-16(27)7-9-17/h2-13,21,29H,14-15H2,1H3,(H,28,32)(H,30,34)/t21-/m1/s1. The van der Waals surface area contributed by atoms with E-state index in [4.69, 9.17) is 9.47 Å². The van der Waals surface area contributed by atoms with E-state index in [0.717, 1.165) is 9.37 Å². The lowest BCUT2D eigenvalue weighted by Gasteiger charge is -2.17. The Hall–Kier alpha value is -4.22. The zero-order valence-electron chi connectivity index (χ0n) is 19.7. The maximum atomic E-state index is 12.8. The van der Waals surface area contributed by atoms with Crippen LogP contribution < -0.4 is 30.5 Å². The molecule has 1 fully saturated rings. The number of carbonyl (C=O) groups is 4. The second kappa shape index (κ2) is 11.7. The molecule has 0 radical (unpaired) electrons. The molecule has 10 nitrogen and oxygen atoms in total. The van der Waals surface area contributed by atoms with Gasteiger partial charge in [-0.1, -0.05) is 28.1 Å². The number of rotatable bonds is 9. The van der Waals surface area contributed by atoms with E-state index in [1.807, 2.05) is 0 Å². The van der Waals surface area contributed by atoms with Gasteiger partial charge >= 0.3 is 0 Å². The topological polar surface area (TPSA) is 126 Å². The molecule has 3 N–H and O–H groups in total. The summed E-state index contributed by atoms with van der Waals surface area (Å²) in [7, 11) is 1.52. The van der Waals surface area contributed by atoms with Crippen LogP contribution in [-0.2, 0) is 14.4 Å². The van der Waals surface area contributed by atoms with E-state index in [-0.39, 0.29) is 24.3 Å². The molecule has 0 spiro atoms. The van der Waals surface area contributed by atoms with Crippen molar-refractivity contribution in [2.75, 3.05) is 23.9 Å². The summed E-state index contributed by atoms with van der Waals surface area (Å²) in [5.74, 6) is -1.11. The van der Waals surface area contributed by atoms with Gasteiger partial charge in [0.25, 0.3) is 17.7 Å². The van der Waals surface area contributed by atoms with E-state index in [0.29, 0.717) is 17.1 Å². The van der Waals surface area contributed by atoms with E-state index < -0.39 is 29.7 Å². The lowest BCUT2D eigenvalue weighted by Crippen LogP contribution is -2.48. The second-order valence-corrected chi connectivity index (χ2v) is 8.88. The zero-order chi connectivity index (χ0) is 26.4. The highest BCUT2D eigenvalue weighted by Crippen LogP contribution is 2.25. The maximum Gasteiger partial charge on any atom is 0.269 e. The number of amides is 4. The van der Waals surface area contributed by atoms with Crippen molar-refractivity contribution in [2.45, 2.75) is 12.5 Å². The van der Waals surface area contributed by atoms with Crippen LogP contribution in [0.2, 0.25) is 0 Å². The Kier molecular flexibility index (Phi) is 8.16. The first-order valence-electron chi connectivity index (χ1n) is 11.2. The predicted octanol–water partition coefficient (Wildman–Crippen LogP) is 3.04. The van der Waals surface area contributed by atoms with Crippen LogP contribution in [0.25, 0.3) is 0 Å². The fourth-order valence-electron chi connectivity index (χ4n) is 3.62. The highest BCUT2D eigenvalue weighted by molar-refractivity contribution is 9.10. The molecule has 3 aromatic carbocycles. The molecular weight excluding hydrogens is 544 g/mol. The molecule has 3 aromatic rings. The van der Waals surface area contributed by atoms with Crippen molar-refractivity contribution in [1.29, 1.82) is 0 Å². The number of methoxy groups -OCH3 is 1. The molecule has 190 valence electrons. The van der Waals surface area contributed by atoms with E-state index in [1.165, 1.54) is 13.2 Å². The number of benzene rings is 3. The van der Waals surface area contributed by atoms with Crippen LogP contribution in [0.15, 0.2) is 77.3 Å². The first-order valence-corrected chi connectivity index (χ1v) is 12.0. The number of anilines is 2. The summed E-state index contributed by atoms with van der Waals surface area (Å²) in [6.07, 6.45) is -0.125. The van der Waals surface area contributed by atoms with Gasteiger partial charge in [-0.25, -0.2) is 10.3 Å². The number of halogens is 1. The van der Waals surface area contributed by atoms with Crippen molar-refractivity contribution < 1.29 is 28.7 Å². The van der Waals surface area contributed by atoms with Gasteiger partial charge < -0.3 is 14.8 Å². The number of hydrazine groups is 1. The van der Waals surface area contributed by atoms with Crippen molar-refractivity contribution in [3.05, 3.63) is 82.8 Å². The predicted molar refractivity (Wildman–Crippen MR) is 139 cm³/mol. The van der Waals surface area contributed by atoms with E-state index >= 15 is 0 Å². The monoisotopic (exact) mass is 566 g/mol. The SMILES string of the molecule is COc1ccc(N2C(=O)C[C@@H](NNC(=O)c3ccccc3OCC(=O)Nc3ccc(Br)cc3)C2=O)cc1. The average Bonchev–Trinajstić information content (AvgIpc) is 3.20. The third-order valence-corrected chi connectivity index (χ3v) is 5.98. The van der Waals surface area contributed by atoms with Crippen molar-refractivity contribution >= 4 is 50.9 Å². The molecule has 0 saturated carbocycles. The van der Waals surface area contributed by atoms with Crippen molar-refractivity contribution in [3.8, 4) is 11.5 Å². The Morgan fingerprint density at radius 3 is 2.41 bits per heavy atom. The minimum atomic E-state index is -0.941. The van der Waals surface area contributed by atoms with Crippen LogP contribution in [0.4, 0.5) is 11.4 Å². The highest BCUT2D eigenvalue weighted by atomic mass is 79.9. The molecule has 0 unspecified atom stereocenters. The third-order valence-electron chi connectivity index (χ3n) is 5.46. The molecule has 37 heavy (non-hydrogen) atoms. The number of hydrogen-bond donors (Lipinski definition) is 3. The minimum Gasteiger partial charge on any atom is -0.497 e. The molecule has 0 bridgehead atoms. The first kappa shape index (κ1) is 25.9. The smallest absolute Gasteiger partial charge is 0.269 e. The van der Waals surface area contributed by atoms with E-state index in [9.17, 15) is 19.2 Å². The summed E-state index contributed by atoms with van der Waals surface area (Å²) in [5.41, 5.74) is 6.26. The molecule has 1 aliphatic heterocycles. The van der Waals surface area contributed by atoms with Gasteiger partial charge in [0.05, 0.1) is 24.8 Å². The van der Waals surface area contributed by atoms with Gasteiger partial charge in [0, 0.05) is 10.2 Å². The van der Waals surface area contributed by atoms with Crippen LogP contribution in [0, 0.1) is 0 Å². The summed E-state index contributed by atoms with van der Waals surface area (Å²) in [5, 5.41) is 2.70. The van der Waals surface area contributed by atoms with Gasteiger partial charge in [0.2, 0.25) is 5.91 Å². The third kappa shape index (κ3) is 6.32. The number of nitrogens with one attached hydrogen (secondary N) is 3. The van der Waals surface area contributed by atoms with Crippen LogP contribution in [0.1, 0.15) is 16.8 Å². The summed E-state index contributed by atoms with van der Waals surface area (Å²) >= 11 is 3.33. The Bertz CT molecular complexity index is 1310. The fraction of sp³-hybridized carbons (Fsp3) is 0.154. The van der Waals surface area contributed by atoms with Gasteiger partial charge in [-0.05, 0) is 60.7 Å². The van der Waals surface area contributed by atoms with Crippen LogP contribution in [0.3, 0.4) is 0 Å². The molecular formula is C26H23BrN4O6. The summed E-state index contributed by atoms with van der Waals surface area (Å²) in [4.78, 5) is 51.4.